The average Bonchev–Trinajstić information content (AvgIpc) is 3.00. The van der Waals surface area contributed by atoms with E-state index in [2.05, 4.69) is 0 Å². The lowest BCUT2D eigenvalue weighted by Crippen LogP contribution is -2.40. The first-order valence-electron chi connectivity index (χ1n) is 9.33. The van der Waals surface area contributed by atoms with E-state index in [0.29, 0.717) is 18.8 Å². The molecule has 0 unspecified atom stereocenters. The minimum Gasteiger partial charge on any atom is -0.454 e. The van der Waals surface area contributed by atoms with Crippen LogP contribution in [0.2, 0.25) is 5.02 Å². The molecule has 10 heteroatoms. The largest absolute Gasteiger partial charge is 0.454 e. The van der Waals surface area contributed by atoms with Crippen LogP contribution in [0.5, 0.6) is 0 Å². The van der Waals surface area contributed by atoms with E-state index in [1.807, 2.05) is 18.5 Å². The van der Waals surface area contributed by atoms with Gasteiger partial charge in [-0.3, -0.25) is 4.79 Å². The summed E-state index contributed by atoms with van der Waals surface area (Å²) >= 11 is 6.09. The normalized spacial score (nSPS) is 15.2. The van der Waals surface area contributed by atoms with Crippen LogP contribution in [0.15, 0.2) is 29.2 Å². The molecule has 0 aliphatic carbocycles. The van der Waals surface area contributed by atoms with E-state index >= 15 is 0 Å². The SMILES string of the molecule is Cc1cc(C(=O)COC(=O)c2cc(S(=O)(=O)N3CCOCC3)ccc2Cl)c(C)n1C. The molecule has 2 aromatic rings. The number of aromatic nitrogens is 1. The molecule has 162 valence electrons. The highest BCUT2D eigenvalue weighted by atomic mass is 35.5. The summed E-state index contributed by atoms with van der Waals surface area (Å²) in [5, 5.41) is 0.0418. The summed E-state index contributed by atoms with van der Waals surface area (Å²) in [6.45, 7) is 4.28. The number of nitrogens with zero attached hydrogens (tertiary/aromatic N) is 2. The van der Waals surface area contributed by atoms with Gasteiger partial charge in [-0.2, -0.15) is 4.31 Å². The zero-order valence-electron chi connectivity index (χ0n) is 17.0. The van der Waals surface area contributed by atoms with Gasteiger partial charge >= 0.3 is 5.97 Å². The van der Waals surface area contributed by atoms with Crippen molar-refractivity contribution < 1.29 is 27.5 Å². The zero-order chi connectivity index (χ0) is 22.1. The van der Waals surface area contributed by atoms with Crippen LogP contribution >= 0.6 is 11.6 Å². The summed E-state index contributed by atoms with van der Waals surface area (Å²) in [5.74, 6) is -1.21. The molecule has 0 N–H and O–H groups in total. The highest BCUT2D eigenvalue weighted by molar-refractivity contribution is 7.89. The number of carbonyl (C=O) groups is 2. The summed E-state index contributed by atoms with van der Waals surface area (Å²) in [5.41, 5.74) is 2.04. The van der Waals surface area contributed by atoms with Gasteiger partial charge in [-0.05, 0) is 38.1 Å². The van der Waals surface area contributed by atoms with Gasteiger partial charge in [0.05, 0.1) is 28.7 Å². The molecule has 0 bridgehead atoms. The van der Waals surface area contributed by atoms with Crippen LogP contribution in [0.25, 0.3) is 0 Å². The number of ketones is 1. The van der Waals surface area contributed by atoms with Crippen molar-refractivity contribution >= 4 is 33.4 Å². The lowest BCUT2D eigenvalue weighted by atomic mass is 10.1. The Morgan fingerprint density at radius 3 is 2.40 bits per heavy atom. The van der Waals surface area contributed by atoms with Crippen molar-refractivity contribution in [1.29, 1.82) is 0 Å². The van der Waals surface area contributed by atoms with Gasteiger partial charge in [-0.15, -0.1) is 0 Å². The maximum Gasteiger partial charge on any atom is 0.340 e. The molecule has 0 amide bonds. The number of esters is 1. The van der Waals surface area contributed by atoms with Crippen molar-refractivity contribution in [3.8, 4) is 0 Å². The molecular formula is C20H23ClN2O6S. The summed E-state index contributed by atoms with van der Waals surface area (Å²) in [6.07, 6.45) is 0. The topological polar surface area (TPSA) is 94.9 Å². The fraction of sp³-hybridized carbons (Fsp3) is 0.400. The van der Waals surface area contributed by atoms with Gasteiger partial charge in [0.15, 0.2) is 6.61 Å². The van der Waals surface area contributed by atoms with Gasteiger partial charge in [0.25, 0.3) is 0 Å². The molecule has 0 saturated carbocycles. The van der Waals surface area contributed by atoms with Crippen LogP contribution in [0.1, 0.15) is 32.1 Å². The number of ether oxygens (including phenoxy) is 2. The lowest BCUT2D eigenvalue weighted by molar-refractivity contribution is 0.0474. The maximum atomic E-state index is 12.8. The van der Waals surface area contributed by atoms with Gasteiger partial charge in [0, 0.05) is 37.1 Å². The van der Waals surface area contributed by atoms with Crippen molar-refractivity contribution in [3.63, 3.8) is 0 Å². The first kappa shape index (κ1) is 22.5. The number of Topliss-reactive ketones (excluding diaryl/α,β-unsaturated/α-hetero) is 1. The minimum atomic E-state index is -3.80. The molecule has 30 heavy (non-hydrogen) atoms. The third-order valence-corrected chi connectivity index (χ3v) is 7.40. The average molecular weight is 455 g/mol. The van der Waals surface area contributed by atoms with Crippen LogP contribution in [-0.2, 0) is 26.5 Å². The lowest BCUT2D eigenvalue weighted by Gasteiger charge is -2.26. The van der Waals surface area contributed by atoms with Gasteiger partial charge < -0.3 is 14.0 Å². The molecule has 1 fully saturated rings. The fourth-order valence-corrected chi connectivity index (χ4v) is 4.81. The van der Waals surface area contributed by atoms with Crippen LogP contribution in [0, 0.1) is 13.8 Å². The quantitative estimate of drug-likeness (QED) is 0.491. The minimum absolute atomic E-state index is 0.0418. The summed E-state index contributed by atoms with van der Waals surface area (Å²) < 4.78 is 39.1. The number of aryl methyl sites for hydroxylation is 1. The summed E-state index contributed by atoms with van der Waals surface area (Å²) in [4.78, 5) is 24.9. The second-order valence-corrected chi connectivity index (χ2v) is 9.35. The Kier molecular flexibility index (Phi) is 6.66. The van der Waals surface area contributed by atoms with Crippen molar-refractivity contribution in [1.82, 2.24) is 8.87 Å². The third-order valence-electron chi connectivity index (χ3n) is 5.18. The van der Waals surface area contributed by atoms with Gasteiger partial charge in [0.1, 0.15) is 0 Å². The first-order chi connectivity index (χ1) is 14.1. The van der Waals surface area contributed by atoms with Crippen LogP contribution in [0.4, 0.5) is 0 Å². The second kappa shape index (κ2) is 8.89. The molecule has 1 aliphatic heterocycles. The molecule has 1 saturated heterocycles. The highest BCUT2D eigenvalue weighted by Gasteiger charge is 2.28. The number of carbonyl (C=O) groups excluding carboxylic acids is 2. The molecule has 1 aliphatic rings. The summed E-state index contributed by atoms with van der Waals surface area (Å²) in [7, 11) is -1.96. The van der Waals surface area contributed by atoms with Crippen molar-refractivity contribution in [2.24, 2.45) is 7.05 Å². The van der Waals surface area contributed by atoms with E-state index in [-0.39, 0.29) is 34.4 Å². The standard InChI is InChI=1S/C20H23ClN2O6S/c1-13-10-16(14(2)22(13)3)19(24)12-29-20(25)17-11-15(4-5-18(17)21)30(26,27)23-6-8-28-9-7-23/h4-5,10-11H,6-9,12H2,1-3H3. The van der Waals surface area contributed by atoms with Gasteiger partial charge in [0.2, 0.25) is 15.8 Å². The molecule has 0 spiro atoms. The Hall–Kier alpha value is -2.20. The first-order valence-corrected chi connectivity index (χ1v) is 11.2. The van der Waals surface area contributed by atoms with Gasteiger partial charge in [-0.25, -0.2) is 13.2 Å². The van der Waals surface area contributed by atoms with E-state index in [0.717, 1.165) is 11.4 Å². The predicted octanol–water partition coefficient (Wildman–Crippen LogP) is 2.36. The smallest absolute Gasteiger partial charge is 0.340 e. The number of hydrogen-bond acceptors (Lipinski definition) is 6. The van der Waals surface area contributed by atoms with Crippen LogP contribution in [-0.4, -0.2) is 62.0 Å². The van der Waals surface area contributed by atoms with Crippen molar-refractivity contribution in [2.75, 3.05) is 32.9 Å². The molecule has 3 rings (SSSR count). The molecule has 2 heterocycles. The number of halogens is 1. The second-order valence-electron chi connectivity index (χ2n) is 7.00. The number of benzene rings is 1. The van der Waals surface area contributed by atoms with Crippen LogP contribution in [0.3, 0.4) is 0 Å². The fourth-order valence-electron chi connectivity index (χ4n) is 3.18. The Morgan fingerprint density at radius 1 is 1.13 bits per heavy atom. The Labute approximate surface area is 180 Å². The van der Waals surface area contributed by atoms with E-state index < -0.39 is 22.6 Å². The Bertz CT molecular complexity index is 1090. The zero-order valence-corrected chi connectivity index (χ0v) is 18.5. The molecule has 1 aromatic heterocycles. The molecule has 0 atom stereocenters. The molecule has 0 radical (unpaired) electrons. The highest BCUT2D eigenvalue weighted by Crippen LogP contribution is 2.24. The van der Waals surface area contributed by atoms with E-state index in [4.69, 9.17) is 21.1 Å². The Morgan fingerprint density at radius 2 is 1.80 bits per heavy atom. The number of morpholine rings is 1. The monoisotopic (exact) mass is 454 g/mol. The maximum absolute atomic E-state index is 12.8. The third kappa shape index (κ3) is 4.44. The summed E-state index contributed by atoms with van der Waals surface area (Å²) in [6, 6.07) is 5.58. The van der Waals surface area contributed by atoms with Gasteiger partial charge in [-0.1, -0.05) is 11.6 Å². The van der Waals surface area contributed by atoms with Crippen molar-refractivity contribution in [3.05, 3.63) is 51.8 Å². The number of sulfonamides is 1. The molecule has 8 nitrogen and oxygen atoms in total. The van der Waals surface area contributed by atoms with E-state index in [1.54, 1.807) is 13.0 Å². The number of hydrogen-bond donors (Lipinski definition) is 0. The molecular weight excluding hydrogens is 432 g/mol. The van der Waals surface area contributed by atoms with Crippen LogP contribution < -0.4 is 0 Å². The van der Waals surface area contributed by atoms with E-state index in [1.165, 1.54) is 22.5 Å². The number of rotatable bonds is 6. The predicted molar refractivity (Wildman–Crippen MR) is 111 cm³/mol. The molecule has 1 aromatic carbocycles. The Balaban J connectivity index is 1.76. The van der Waals surface area contributed by atoms with E-state index in [9.17, 15) is 18.0 Å². The van der Waals surface area contributed by atoms with Crippen molar-refractivity contribution in [2.45, 2.75) is 18.7 Å².